The summed E-state index contributed by atoms with van der Waals surface area (Å²) in [7, 11) is 0. The minimum absolute atomic E-state index is 0.0842. The van der Waals surface area contributed by atoms with Crippen LogP contribution >= 0.6 is 0 Å². The fourth-order valence-corrected chi connectivity index (χ4v) is 2.18. The molecule has 0 spiro atoms. The van der Waals surface area contributed by atoms with E-state index in [1.54, 1.807) is 0 Å². The Balaban J connectivity index is 1.83. The molecule has 1 aliphatic rings. The summed E-state index contributed by atoms with van der Waals surface area (Å²) in [6, 6.07) is 0. The molecule has 16 heavy (non-hydrogen) atoms. The highest BCUT2D eigenvalue weighted by Crippen LogP contribution is 2.13. The Kier molecular flexibility index (Phi) is 3.96. The zero-order valence-electron chi connectivity index (χ0n) is 9.97. The number of rotatable bonds is 4. The van der Waals surface area contributed by atoms with Gasteiger partial charge in [-0.2, -0.15) is 5.10 Å². The molecule has 0 amide bonds. The Morgan fingerprint density at radius 1 is 1.44 bits per heavy atom. The van der Waals surface area contributed by atoms with Gasteiger partial charge in [0.15, 0.2) is 0 Å². The summed E-state index contributed by atoms with van der Waals surface area (Å²) in [5.41, 5.74) is 1.28. The molecule has 0 unspecified atom stereocenters. The lowest BCUT2D eigenvalue weighted by atomic mass is 10.1. The van der Waals surface area contributed by atoms with Gasteiger partial charge in [0, 0.05) is 37.9 Å². The second-order valence-electron chi connectivity index (χ2n) is 4.62. The number of nitrogens with zero attached hydrogens (tertiary/aromatic N) is 3. The minimum atomic E-state index is -0.0842. The van der Waals surface area contributed by atoms with Gasteiger partial charge in [-0.15, -0.1) is 0 Å². The van der Waals surface area contributed by atoms with Crippen molar-refractivity contribution < 1.29 is 5.11 Å². The van der Waals surface area contributed by atoms with Gasteiger partial charge in [0.1, 0.15) is 0 Å². The van der Waals surface area contributed by atoms with Crippen LogP contribution in [0.25, 0.3) is 0 Å². The number of piperidine rings is 1. The van der Waals surface area contributed by atoms with Crippen molar-refractivity contribution in [2.24, 2.45) is 0 Å². The Hall–Kier alpha value is -0.870. The third-order valence-corrected chi connectivity index (χ3v) is 3.10. The Labute approximate surface area is 96.9 Å². The highest BCUT2D eigenvalue weighted by atomic mass is 16.3. The maximum absolute atomic E-state index is 9.42. The molecule has 90 valence electrons. The van der Waals surface area contributed by atoms with Crippen molar-refractivity contribution in [2.45, 2.75) is 45.4 Å². The lowest BCUT2D eigenvalue weighted by Crippen LogP contribution is -2.35. The molecule has 2 rings (SSSR count). The third-order valence-electron chi connectivity index (χ3n) is 3.10. The lowest BCUT2D eigenvalue weighted by molar-refractivity contribution is 0.0792. The zero-order chi connectivity index (χ0) is 11.4. The second kappa shape index (κ2) is 5.46. The first-order valence-corrected chi connectivity index (χ1v) is 6.19. The topological polar surface area (TPSA) is 41.3 Å². The van der Waals surface area contributed by atoms with Crippen LogP contribution in [0.1, 0.15) is 31.7 Å². The molecule has 0 aromatic carbocycles. The second-order valence-corrected chi connectivity index (χ2v) is 4.62. The van der Waals surface area contributed by atoms with Crippen molar-refractivity contribution in [3.8, 4) is 0 Å². The van der Waals surface area contributed by atoms with Gasteiger partial charge in [-0.3, -0.25) is 9.58 Å². The van der Waals surface area contributed by atoms with E-state index >= 15 is 0 Å². The summed E-state index contributed by atoms with van der Waals surface area (Å²) in [4.78, 5) is 2.39. The molecule has 0 saturated carbocycles. The number of hydrogen-bond donors (Lipinski definition) is 1. The van der Waals surface area contributed by atoms with E-state index in [-0.39, 0.29) is 6.10 Å². The average Bonchev–Trinajstić information content (AvgIpc) is 2.70. The van der Waals surface area contributed by atoms with E-state index < -0.39 is 0 Å². The molecule has 0 radical (unpaired) electrons. The predicted octanol–water partition coefficient (Wildman–Crippen LogP) is 1.25. The normalized spacial score (nSPS) is 19.1. The highest BCUT2D eigenvalue weighted by Gasteiger charge is 2.17. The van der Waals surface area contributed by atoms with E-state index in [0.29, 0.717) is 0 Å². The maximum atomic E-state index is 9.42. The third kappa shape index (κ3) is 3.06. The molecular formula is C12H21N3O. The molecule has 1 saturated heterocycles. The van der Waals surface area contributed by atoms with Crippen molar-refractivity contribution in [3.63, 3.8) is 0 Å². The van der Waals surface area contributed by atoms with Gasteiger partial charge in [0.05, 0.1) is 12.3 Å². The number of aliphatic hydroxyl groups excluding tert-OH is 1. The number of aliphatic hydroxyl groups is 1. The van der Waals surface area contributed by atoms with Crippen LogP contribution in [-0.2, 0) is 13.1 Å². The molecule has 2 heterocycles. The predicted molar refractivity (Wildman–Crippen MR) is 63.0 cm³/mol. The largest absolute Gasteiger partial charge is 0.393 e. The maximum Gasteiger partial charge on any atom is 0.0564 e. The van der Waals surface area contributed by atoms with Crippen molar-refractivity contribution in [2.75, 3.05) is 13.1 Å². The molecule has 1 fully saturated rings. The van der Waals surface area contributed by atoms with E-state index in [4.69, 9.17) is 0 Å². The number of hydrogen-bond acceptors (Lipinski definition) is 3. The van der Waals surface area contributed by atoms with Gasteiger partial charge < -0.3 is 5.11 Å². The van der Waals surface area contributed by atoms with Gasteiger partial charge in [-0.05, 0) is 19.3 Å². The van der Waals surface area contributed by atoms with Crippen molar-refractivity contribution >= 4 is 0 Å². The molecule has 1 aromatic heterocycles. The van der Waals surface area contributed by atoms with Crippen molar-refractivity contribution in [1.82, 2.24) is 14.7 Å². The molecule has 1 N–H and O–H groups in total. The molecule has 0 atom stereocenters. The minimum Gasteiger partial charge on any atom is -0.393 e. The molecule has 4 heteroatoms. The molecular weight excluding hydrogens is 202 g/mol. The summed E-state index contributed by atoms with van der Waals surface area (Å²) in [6.45, 7) is 6.13. The van der Waals surface area contributed by atoms with Gasteiger partial charge in [0.25, 0.3) is 0 Å². The smallest absolute Gasteiger partial charge is 0.0564 e. The van der Waals surface area contributed by atoms with Crippen LogP contribution in [0.4, 0.5) is 0 Å². The summed E-state index contributed by atoms with van der Waals surface area (Å²) in [5.74, 6) is 0. The van der Waals surface area contributed by atoms with E-state index in [1.807, 2.05) is 10.9 Å². The van der Waals surface area contributed by atoms with Gasteiger partial charge in [0.2, 0.25) is 0 Å². The van der Waals surface area contributed by atoms with Gasteiger partial charge in [-0.25, -0.2) is 0 Å². The van der Waals surface area contributed by atoms with Crippen LogP contribution in [0.2, 0.25) is 0 Å². The van der Waals surface area contributed by atoms with Crippen LogP contribution in [0.15, 0.2) is 12.4 Å². The Bertz CT molecular complexity index is 316. The van der Waals surface area contributed by atoms with Gasteiger partial charge in [-0.1, -0.05) is 6.92 Å². The monoisotopic (exact) mass is 223 g/mol. The van der Waals surface area contributed by atoms with Crippen LogP contribution < -0.4 is 0 Å². The number of likely N-dealkylation sites (tertiary alicyclic amines) is 1. The molecule has 1 aliphatic heterocycles. The first-order chi connectivity index (χ1) is 7.78. The summed E-state index contributed by atoms with van der Waals surface area (Å²) >= 11 is 0. The van der Waals surface area contributed by atoms with Crippen LogP contribution in [-0.4, -0.2) is 39.0 Å². The van der Waals surface area contributed by atoms with Gasteiger partial charge >= 0.3 is 0 Å². The van der Waals surface area contributed by atoms with E-state index in [0.717, 1.165) is 45.4 Å². The highest BCUT2D eigenvalue weighted by molar-refractivity contribution is 5.03. The number of aryl methyl sites for hydroxylation is 1. The molecule has 0 bridgehead atoms. The zero-order valence-corrected chi connectivity index (χ0v) is 9.97. The quantitative estimate of drug-likeness (QED) is 0.835. The molecule has 4 nitrogen and oxygen atoms in total. The fraction of sp³-hybridized carbons (Fsp3) is 0.750. The standard InChI is InChI=1S/C12H21N3O/c1-2-5-15-10-11(8-13-15)9-14-6-3-12(16)4-7-14/h8,10,12,16H,2-7,9H2,1H3. The Morgan fingerprint density at radius 3 is 2.88 bits per heavy atom. The van der Waals surface area contributed by atoms with Crippen LogP contribution in [0, 0.1) is 0 Å². The van der Waals surface area contributed by atoms with Crippen molar-refractivity contribution in [3.05, 3.63) is 18.0 Å². The van der Waals surface area contributed by atoms with E-state index in [9.17, 15) is 5.11 Å². The average molecular weight is 223 g/mol. The summed E-state index contributed by atoms with van der Waals surface area (Å²) < 4.78 is 2.01. The van der Waals surface area contributed by atoms with Crippen LogP contribution in [0.3, 0.4) is 0 Å². The molecule has 0 aliphatic carbocycles. The number of aromatic nitrogens is 2. The first kappa shape index (κ1) is 11.6. The SMILES string of the molecule is CCCn1cc(CN2CCC(O)CC2)cn1. The lowest BCUT2D eigenvalue weighted by Gasteiger charge is -2.28. The van der Waals surface area contributed by atoms with Crippen molar-refractivity contribution in [1.29, 1.82) is 0 Å². The first-order valence-electron chi connectivity index (χ1n) is 6.19. The fourth-order valence-electron chi connectivity index (χ4n) is 2.18. The summed E-state index contributed by atoms with van der Waals surface area (Å²) in [6.07, 6.45) is 6.94. The van der Waals surface area contributed by atoms with Crippen LogP contribution in [0.5, 0.6) is 0 Å². The summed E-state index contributed by atoms with van der Waals surface area (Å²) in [5, 5.41) is 13.8. The van der Waals surface area contributed by atoms with E-state index in [1.165, 1.54) is 5.56 Å². The Morgan fingerprint density at radius 2 is 2.19 bits per heavy atom. The van der Waals surface area contributed by atoms with E-state index in [2.05, 4.69) is 23.1 Å². The molecule has 1 aromatic rings.